The lowest BCUT2D eigenvalue weighted by Gasteiger charge is -2.59. The van der Waals surface area contributed by atoms with E-state index in [2.05, 4.69) is 6.92 Å². The number of ketones is 2. The highest BCUT2D eigenvalue weighted by atomic mass is 16.3. The molecule has 0 heterocycles. The fraction of sp³-hybridized carbons (Fsp3) is 0.762. The Hall–Kier alpha value is -1.37. The van der Waals surface area contributed by atoms with Gasteiger partial charge in [0, 0.05) is 6.42 Å². The highest BCUT2D eigenvalue weighted by molar-refractivity contribution is 5.93. The Morgan fingerprint density at radius 1 is 1.30 bits per heavy atom. The zero-order valence-corrected chi connectivity index (χ0v) is 15.7. The molecule has 148 valence electrons. The first kappa shape index (κ1) is 19.0. The number of Topliss-reactive ketones (excluding diaryl/α,β-unsaturated/α-hetero) is 1. The predicted molar refractivity (Wildman–Crippen MR) is 95.5 cm³/mol. The third-order valence-electron chi connectivity index (χ3n) is 8.45. The smallest absolute Gasteiger partial charge is 0.190 e. The summed E-state index contributed by atoms with van der Waals surface area (Å²) in [5.41, 5.74) is -2.43. The minimum Gasteiger partial charge on any atom is -0.393 e. The molecule has 0 aliphatic heterocycles. The van der Waals surface area contributed by atoms with E-state index < -0.39 is 29.5 Å². The summed E-state index contributed by atoms with van der Waals surface area (Å²) in [7, 11) is 0. The van der Waals surface area contributed by atoms with Crippen LogP contribution in [0.2, 0.25) is 0 Å². The van der Waals surface area contributed by atoms with E-state index in [0.717, 1.165) is 18.4 Å². The monoisotopic (exact) mass is 376 g/mol. The van der Waals surface area contributed by atoms with Crippen LogP contribution in [0.15, 0.2) is 11.6 Å². The molecule has 4 aliphatic carbocycles. The van der Waals surface area contributed by atoms with Crippen LogP contribution < -0.4 is 0 Å². The summed E-state index contributed by atoms with van der Waals surface area (Å²) in [4.78, 5) is 36.5. The van der Waals surface area contributed by atoms with Crippen molar-refractivity contribution in [3.05, 3.63) is 11.6 Å². The zero-order valence-electron chi connectivity index (χ0n) is 15.7. The standard InChI is InChI=1S/C21H28O6/c1-19-6-4-13(24)8-12(19)2-3-14-15-5-7-21(27,17(26)10-22)20(15,11-23)9-16(25)18(14)19/h8,11,14-16,18,22,25,27H,2-7,9-10H2,1H3/t14-,15-,16-,18+,19-,20+,21+/m0/s1. The largest absolute Gasteiger partial charge is 0.393 e. The van der Waals surface area contributed by atoms with E-state index in [9.17, 15) is 29.7 Å². The number of rotatable bonds is 3. The van der Waals surface area contributed by atoms with Crippen molar-refractivity contribution in [2.45, 2.75) is 63.6 Å². The number of allylic oxidation sites excluding steroid dienone is 1. The molecular weight excluding hydrogens is 348 g/mol. The van der Waals surface area contributed by atoms with E-state index in [1.807, 2.05) is 0 Å². The number of carbonyl (C=O) groups excluding carboxylic acids is 3. The van der Waals surface area contributed by atoms with Crippen molar-refractivity contribution in [3.63, 3.8) is 0 Å². The van der Waals surface area contributed by atoms with E-state index in [1.54, 1.807) is 6.08 Å². The first-order chi connectivity index (χ1) is 12.7. The van der Waals surface area contributed by atoms with Crippen molar-refractivity contribution in [2.24, 2.45) is 28.6 Å². The number of hydrogen-bond donors (Lipinski definition) is 3. The summed E-state index contributed by atoms with van der Waals surface area (Å²) in [6, 6.07) is 0. The third-order valence-corrected chi connectivity index (χ3v) is 8.45. The Morgan fingerprint density at radius 3 is 2.70 bits per heavy atom. The zero-order chi connectivity index (χ0) is 19.6. The number of fused-ring (bicyclic) bond motifs is 5. The maximum absolute atomic E-state index is 12.4. The van der Waals surface area contributed by atoms with E-state index in [-0.39, 0.29) is 41.8 Å². The van der Waals surface area contributed by atoms with Gasteiger partial charge in [-0.25, -0.2) is 0 Å². The van der Waals surface area contributed by atoms with Crippen molar-refractivity contribution in [1.29, 1.82) is 0 Å². The van der Waals surface area contributed by atoms with Gasteiger partial charge in [0.25, 0.3) is 0 Å². The van der Waals surface area contributed by atoms with E-state index in [4.69, 9.17) is 0 Å². The molecule has 3 saturated carbocycles. The summed E-state index contributed by atoms with van der Waals surface area (Å²) < 4.78 is 0. The number of aldehydes is 1. The first-order valence-corrected chi connectivity index (χ1v) is 9.98. The molecule has 0 radical (unpaired) electrons. The lowest BCUT2D eigenvalue weighted by Crippen LogP contribution is -2.63. The van der Waals surface area contributed by atoms with Gasteiger partial charge < -0.3 is 20.1 Å². The highest BCUT2D eigenvalue weighted by Crippen LogP contribution is 2.67. The molecule has 0 saturated heterocycles. The van der Waals surface area contributed by atoms with Crippen molar-refractivity contribution in [1.82, 2.24) is 0 Å². The summed E-state index contributed by atoms with van der Waals surface area (Å²) in [6.45, 7) is 1.30. The molecule has 4 rings (SSSR count). The molecule has 7 atom stereocenters. The number of aliphatic hydroxyl groups excluding tert-OH is 2. The van der Waals surface area contributed by atoms with Crippen molar-refractivity contribution >= 4 is 17.9 Å². The molecule has 3 fully saturated rings. The first-order valence-electron chi connectivity index (χ1n) is 9.98. The van der Waals surface area contributed by atoms with Crippen LogP contribution in [0.25, 0.3) is 0 Å². The van der Waals surface area contributed by atoms with Gasteiger partial charge in [-0.15, -0.1) is 0 Å². The predicted octanol–water partition coefficient (Wildman–Crippen LogP) is 0.961. The molecule has 0 amide bonds. The molecule has 6 heteroatoms. The van der Waals surface area contributed by atoms with Crippen LogP contribution in [0.5, 0.6) is 0 Å². The molecule has 0 unspecified atom stereocenters. The second-order valence-corrected chi connectivity index (χ2v) is 9.30. The van der Waals surface area contributed by atoms with Crippen LogP contribution in [0.3, 0.4) is 0 Å². The Balaban J connectivity index is 1.77. The molecule has 0 aromatic heterocycles. The van der Waals surface area contributed by atoms with Gasteiger partial charge in [-0.05, 0) is 67.8 Å². The molecular formula is C21H28O6. The summed E-state index contributed by atoms with van der Waals surface area (Å²) in [5, 5.41) is 31.6. The molecule has 4 aliphatic rings. The molecule has 0 aromatic carbocycles. The van der Waals surface area contributed by atoms with Gasteiger partial charge in [0.2, 0.25) is 0 Å². The van der Waals surface area contributed by atoms with Gasteiger partial charge in [0.15, 0.2) is 11.6 Å². The molecule has 3 N–H and O–H groups in total. The molecule has 6 nitrogen and oxygen atoms in total. The second-order valence-electron chi connectivity index (χ2n) is 9.30. The normalized spacial score (nSPS) is 48.9. The number of hydrogen-bond acceptors (Lipinski definition) is 6. The average molecular weight is 376 g/mol. The van der Waals surface area contributed by atoms with E-state index in [1.165, 1.54) is 0 Å². The average Bonchev–Trinajstić information content (AvgIpc) is 2.95. The van der Waals surface area contributed by atoms with Gasteiger partial charge in [0.05, 0.1) is 11.5 Å². The summed E-state index contributed by atoms with van der Waals surface area (Å²) in [5.74, 6) is -0.865. The van der Waals surface area contributed by atoms with Gasteiger partial charge >= 0.3 is 0 Å². The summed E-state index contributed by atoms with van der Waals surface area (Å²) in [6.07, 6.45) is 4.92. The van der Waals surface area contributed by atoms with Crippen LogP contribution in [0.4, 0.5) is 0 Å². The van der Waals surface area contributed by atoms with Crippen molar-refractivity contribution < 1.29 is 29.7 Å². The minimum absolute atomic E-state index is 0.00909. The van der Waals surface area contributed by atoms with Gasteiger partial charge in [-0.1, -0.05) is 12.5 Å². The van der Waals surface area contributed by atoms with Crippen LogP contribution in [-0.4, -0.2) is 51.5 Å². The second kappa shape index (κ2) is 6.06. The van der Waals surface area contributed by atoms with Crippen LogP contribution in [0, 0.1) is 28.6 Å². The Bertz CT molecular complexity index is 728. The molecule has 0 spiro atoms. The van der Waals surface area contributed by atoms with Gasteiger partial charge in [-0.3, -0.25) is 9.59 Å². The fourth-order valence-electron chi connectivity index (χ4n) is 7.16. The third kappa shape index (κ3) is 2.26. The van der Waals surface area contributed by atoms with Crippen molar-refractivity contribution in [3.8, 4) is 0 Å². The van der Waals surface area contributed by atoms with E-state index >= 15 is 0 Å². The quantitative estimate of drug-likeness (QED) is 0.633. The van der Waals surface area contributed by atoms with Crippen LogP contribution >= 0.6 is 0 Å². The highest BCUT2D eigenvalue weighted by Gasteiger charge is 2.70. The molecule has 0 bridgehead atoms. The van der Waals surface area contributed by atoms with Crippen molar-refractivity contribution in [2.75, 3.05) is 6.61 Å². The summed E-state index contributed by atoms with van der Waals surface area (Å²) >= 11 is 0. The number of aliphatic hydroxyl groups is 3. The Labute approximate surface area is 158 Å². The SMILES string of the molecule is C[C@]12CCC(=O)C=C1CC[C@@H]1[C@@H]2[C@@H](O)C[C@@]2(C=O)[C@H]1CC[C@@]2(O)C(=O)CO. The fourth-order valence-corrected chi connectivity index (χ4v) is 7.16. The maximum Gasteiger partial charge on any atom is 0.190 e. The lowest BCUT2D eigenvalue weighted by molar-refractivity contribution is -0.185. The lowest BCUT2D eigenvalue weighted by atomic mass is 9.45. The Kier molecular flexibility index (Phi) is 4.26. The van der Waals surface area contributed by atoms with Crippen LogP contribution in [-0.2, 0) is 14.4 Å². The molecule has 27 heavy (non-hydrogen) atoms. The van der Waals surface area contributed by atoms with Gasteiger partial charge in [-0.2, -0.15) is 0 Å². The molecule has 0 aromatic rings. The van der Waals surface area contributed by atoms with E-state index in [0.29, 0.717) is 25.5 Å². The minimum atomic E-state index is -1.90. The topological polar surface area (TPSA) is 112 Å². The maximum atomic E-state index is 12.4. The van der Waals surface area contributed by atoms with Gasteiger partial charge in [0.1, 0.15) is 18.5 Å². The Morgan fingerprint density at radius 2 is 2.04 bits per heavy atom. The van der Waals surface area contributed by atoms with Crippen LogP contribution in [0.1, 0.15) is 51.9 Å². The number of carbonyl (C=O) groups is 3.